The molecule has 0 bridgehead atoms. The Morgan fingerprint density at radius 3 is 2.67 bits per heavy atom. The summed E-state index contributed by atoms with van der Waals surface area (Å²) in [5, 5.41) is 15.2. The van der Waals surface area contributed by atoms with E-state index >= 15 is 0 Å². The third kappa shape index (κ3) is 5.15. The molecule has 128 valence electrons. The van der Waals surface area contributed by atoms with Crippen molar-refractivity contribution in [3.05, 3.63) is 59.1 Å². The average molecular weight is 349 g/mol. The van der Waals surface area contributed by atoms with Gasteiger partial charge in [0.25, 0.3) is 0 Å². The maximum absolute atomic E-state index is 12.3. The van der Waals surface area contributed by atoms with Gasteiger partial charge in [0.2, 0.25) is 0 Å². The van der Waals surface area contributed by atoms with Crippen LogP contribution in [0.25, 0.3) is 0 Å². The van der Waals surface area contributed by atoms with Gasteiger partial charge in [-0.2, -0.15) is 0 Å². The summed E-state index contributed by atoms with van der Waals surface area (Å²) in [6.45, 7) is 0.0777. The predicted octanol–water partition coefficient (Wildman–Crippen LogP) is 3.98. The summed E-state index contributed by atoms with van der Waals surface area (Å²) >= 11 is 6.10. The molecule has 6 heteroatoms. The van der Waals surface area contributed by atoms with Crippen molar-refractivity contribution in [1.29, 1.82) is 0 Å². The summed E-state index contributed by atoms with van der Waals surface area (Å²) in [6, 6.07) is 14.1. The van der Waals surface area contributed by atoms with Crippen molar-refractivity contribution in [2.45, 2.75) is 18.9 Å². The summed E-state index contributed by atoms with van der Waals surface area (Å²) in [7, 11) is 1.55. The zero-order valence-electron chi connectivity index (χ0n) is 13.5. The summed E-state index contributed by atoms with van der Waals surface area (Å²) in [6.07, 6.45) is 1.24. The van der Waals surface area contributed by atoms with Gasteiger partial charge < -0.3 is 20.5 Å². The molecule has 2 aromatic carbocycles. The number of carbonyl (C=O) groups excluding carboxylic acids is 1. The lowest BCUT2D eigenvalue weighted by molar-refractivity contribution is 0.244. The van der Waals surface area contributed by atoms with Gasteiger partial charge in [0.15, 0.2) is 0 Å². The van der Waals surface area contributed by atoms with E-state index in [2.05, 4.69) is 10.6 Å². The molecule has 1 atom stereocenters. The molecule has 2 amide bonds. The number of benzene rings is 2. The van der Waals surface area contributed by atoms with Crippen molar-refractivity contribution >= 4 is 23.3 Å². The van der Waals surface area contributed by atoms with E-state index < -0.39 is 0 Å². The van der Waals surface area contributed by atoms with Crippen molar-refractivity contribution in [1.82, 2.24) is 5.32 Å². The highest BCUT2D eigenvalue weighted by Gasteiger charge is 2.15. The molecule has 0 radical (unpaired) electrons. The number of aliphatic hydroxyl groups is 1. The van der Waals surface area contributed by atoms with Gasteiger partial charge in [0.05, 0.1) is 23.9 Å². The van der Waals surface area contributed by atoms with Crippen molar-refractivity contribution < 1.29 is 14.6 Å². The van der Waals surface area contributed by atoms with Gasteiger partial charge in [0.1, 0.15) is 5.75 Å². The van der Waals surface area contributed by atoms with Crippen LogP contribution < -0.4 is 15.4 Å². The first-order valence-electron chi connectivity index (χ1n) is 7.71. The lowest BCUT2D eigenvalue weighted by atomic mass is 10.0. The van der Waals surface area contributed by atoms with Gasteiger partial charge in [0, 0.05) is 12.7 Å². The molecule has 0 unspecified atom stereocenters. The van der Waals surface area contributed by atoms with Crippen molar-refractivity contribution in [3.8, 4) is 5.75 Å². The molecule has 0 fully saturated rings. The lowest BCUT2D eigenvalue weighted by Gasteiger charge is -2.19. The second kappa shape index (κ2) is 9.15. The quantitative estimate of drug-likeness (QED) is 0.708. The number of carbonyl (C=O) groups is 1. The zero-order valence-corrected chi connectivity index (χ0v) is 14.2. The highest BCUT2D eigenvalue weighted by Crippen LogP contribution is 2.27. The molecule has 0 saturated carbocycles. The summed E-state index contributed by atoms with van der Waals surface area (Å²) < 4.78 is 5.14. The van der Waals surface area contributed by atoms with E-state index in [0.29, 0.717) is 29.3 Å². The van der Waals surface area contributed by atoms with Crippen LogP contribution in [-0.4, -0.2) is 24.9 Å². The Morgan fingerprint density at radius 1 is 1.25 bits per heavy atom. The van der Waals surface area contributed by atoms with Gasteiger partial charge in [-0.05, 0) is 30.5 Å². The Hall–Kier alpha value is -2.24. The second-order valence-electron chi connectivity index (χ2n) is 5.27. The lowest BCUT2D eigenvalue weighted by Crippen LogP contribution is -2.32. The number of anilines is 1. The van der Waals surface area contributed by atoms with Crippen molar-refractivity contribution in [2.75, 3.05) is 19.0 Å². The first-order chi connectivity index (χ1) is 11.6. The van der Waals surface area contributed by atoms with Crippen LogP contribution in [0, 0.1) is 0 Å². The number of amides is 2. The molecule has 24 heavy (non-hydrogen) atoms. The van der Waals surface area contributed by atoms with Crippen LogP contribution in [0.5, 0.6) is 5.75 Å². The molecule has 5 nitrogen and oxygen atoms in total. The van der Waals surface area contributed by atoms with Gasteiger partial charge >= 0.3 is 6.03 Å². The Morgan fingerprint density at radius 2 is 2.00 bits per heavy atom. The van der Waals surface area contributed by atoms with Gasteiger partial charge in [-0.3, -0.25) is 0 Å². The predicted molar refractivity (Wildman–Crippen MR) is 95.7 cm³/mol. The second-order valence-corrected chi connectivity index (χ2v) is 5.68. The fourth-order valence-corrected chi connectivity index (χ4v) is 2.51. The van der Waals surface area contributed by atoms with E-state index in [0.717, 1.165) is 5.56 Å². The summed E-state index contributed by atoms with van der Waals surface area (Å²) in [4.78, 5) is 12.3. The summed E-state index contributed by atoms with van der Waals surface area (Å²) in [5.41, 5.74) is 1.46. The molecule has 0 aromatic heterocycles. The molecule has 0 aliphatic heterocycles. The molecule has 0 aliphatic rings. The Balaban J connectivity index is 2.07. The minimum absolute atomic E-state index is 0.0777. The molecular formula is C18H21ClN2O3. The molecule has 3 N–H and O–H groups in total. The van der Waals surface area contributed by atoms with Gasteiger partial charge in [-0.25, -0.2) is 4.79 Å². The average Bonchev–Trinajstić information content (AvgIpc) is 2.61. The smallest absolute Gasteiger partial charge is 0.319 e. The van der Waals surface area contributed by atoms with Crippen LogP contribution >= 0.6 is 11.6 Å². The van der Waals surface area contributed by atoms with Crippen molar-refractivity contribution in [2.24, 2.45) is 0 Å². The molecule has 0 aliphatic carbocycles. The fourth-order valence-electron chi connectivity index (χ4n) is 2.35. The van der Waals surface area contributed by atoms with Crippen LogP contribution in [-0.2, 0) is 0 Å². The SMILES string of the molecule is COc1ccc(Cl)c(NC(=O)N[C@@H](CCCO)c2ccccc2)c1. The van der Waals surface area contributed by atoms with Crippen LogP contribution in [0.2, 0.25) is 5.02 Å². The Labute approximate surface area is 146 Å². The first kappa shape index (κ1) is 18.1. The van der Waals surface area contributed by atoms with E-state index in [9.17, 15) is 4.79 Å². The number of urea groups is 1. The first-order valence-corrected chi connectivity index (χ1v) is 8.08. The van der Waals surface area contributed by atoms with Crippen LogP contribution in [0.4, 0.5) is 10.5 Å². The Bertz CT molecular complexity index is 665. The number of aliphatic hydroxyl groups excluding tert-OH is 1. The number of hydrogen-bond acceptors (Lipinski definition) is 3. The molecule has 0 saturated heterocycles. The number of halogens is 1. The Kier molecular flexibility index (Phi) is 6.90. The molecule has 2 rings (SSSR count). The minimum atomic E-state index is -0.364. The highest BCUT2D eigenvalue weighted by atomic mass is 35.5. The maximum atomic E-state index is 12.3. The maximum Gasteiger partial charge on any atom is 0.319 e. The van der Waals surface area contributed by atoms with Crippen LogP contribution in [0.15, 0.2) is 48.5 Å². The normalized spacial score (nSPS) is 11.6. The van der Waals surface area contributed by atoms with E-state index in [1.165, 1.54) is 0 Å². The molecular weight excluding hydrogens is 328 g/mol. The van der Waals surface area contributed by atoms with Crippen LogP contribution in [0.3, 0.4) is 0 Å². The zero-order chi connectivity index (χ0) is 17.4. The van der Waals surface area contributed by atoms with Gasteiger partial charge in [-0.15, -0.1) is 0 Å². The number of hydrogen-bond donors (Lipinski definition) is 3. The number of ether oxygens (including phenoxy) is 1. The van der Waals surface area contributed by atoms with E-state index in [-0.39, 0.29) is 18.7 Å². The number of nitrogens with one attached hydrogen (secondary N) is 2. The van der Waals surface area contributed by atoms with E-state index in [1.54, 1.807) is 25.3 Å². The van der Waals surface area contributed by atoms with E-state index in [1.807, 2.05) is 30.3 Å². The van der Waals surface area contributed by atoms with Crippen LogP contribution in [0.1, 0.15) is 24.4 Å². The summed E-state index contributed by atoms with van der Waals surface area (Å²) in [5.74, 6) is 0.606. The van der Waals surface area contributed by atoms with Gasteiger partial charge in [-0.1, -0.05) is 41.9 Å². The fraction of sp³-hybridized carbons (Fsp3) is 0.278. The largest absolute Gasteiger partial charge is 0.497 e. The third-order valence-electron chi connectivity index (χ3n) is 3.58. The topological polar surface area (TPSA) is 70.6 Å². The monoisotopic (exact) mass is 348 g/mol. The molecule has 2 aromatic rings. The minimum Gasteiger partial charge on any atom is -0.497 e. The third-order valence-corrected chi connectivity index (χ3v) is 3.91. The highest BCUT2D eigenvalue weighted by molar-refractivity contribution is 6.33. The van der Waals surface area contributed by atoms with E-state index in [4.69, 9.17) is 21.4 Å². The number of methoxy groups -OCH3 is 1. The molecule has 0 heterocycles. The number of rotatable bonds is 7. The standard InChI is InChI=1S/C18H21ClN2O3/c1-24-14-9-10-15(19)17(12-14)21-18(23)20-16(8-5-11-22)13-6-3-2-4-7-13/h2-4,6-7,9-10,12,16,22H,5,8,11H2,1H3,(H2,20,21,23)/t16-/m0/s1. The molecule has 0 spiro atoms. The van der Waals surface area contributed by atoms with Crippen molar-refractivity contribution in [3.63, 3.8) is 0 Å².